The zero-order chi connectivity index (χ0) is 17.4. The number of alkyl carbamates (subject to hydrolysis) is 1. The van der Waals surface area contributed by atoms with Crippen LogP contribution in [0.25, 0.3) is 0 Å². The Morgan fingerprint density at radius 3 is 2.27 bits per heavy atom. The third-order valence-corrected chi connectivity index (χ3v) is 3.27. The summed E-state index contributed by atoms with van der Waals surface area (Å²) < 4.78 is 11.0. The SMILES string of the molecule is C=C(C)C(=O)C(C)(C)OCCC(C)(C)OC(=O)NCCCC. The highest BCUT2D eigenvalue weighted by atomic mass is 16.6. The summed E-state index contributed by atoms with van der Waals surface area (Å²) in [6.45, 7) is 15.4. The lowest BCUT2D eigenvalue weighted by molar-refractivity contribution is -0.138. The van der Waals surface area contributed by atoms with E-state index in [1.165, 1.54) is 0 Å². The minimum absolute atomic E-state index is 0.122. The average Bonchev–Trinajstić information content (AvgIpc) is 2.36. The lowest BCUT2D eigenvalue weighted by Crippen LogP contribution is -2.39. The molecule has 0 saturated carbocycles. The van der Waals surface area contributed by atoms with Gasteiger partial charge >= 0.3 is 6.09 Å². The molecule has 0 atom stereocenters. The number of ether oxygens (including phenoxy) is 2. The Bertz CT molecular complexity index is 399. The van der Waals surface area contributed by atoms with Crippen LogP contribution in [0.5, 0.6) is 0 Å². The number of Topliss-reactive ketones (excluding diaryl/α,β-unsaturated/α-hetero) is 1. The molecule has 0 aromatic heterocycles. The first-order valence-corrected chi connectivity index (χ1v) is 7.83. The van der Waals surface area contributed by atoms with Crippen molar-refractivity contribution in [2.45, 2.75) is 72.0 Å². The molecule has 0 saturated heterocycles. The Kier molecular flexibility index (Phi) is 8.38. The molecule has 0 rings (SSSR count). The van der Waals surface area contributed by atoms with E-state index in [0.29, 0.717) is 25.1 Å². The van der Waals surface area contributed by atoms with E-state index in [1.54, 1.807) is 20.8 Å². The van der Waals surface area contributed by atoms with Gasteiger partial charge < -0.3 is 14.8 Å². The van der Waals surface area contributed by atoms with Gasteiger partial charge in [0.1, 0.15) is 11.2 Å². The van der Waals surface area contributed by atoms with Gasteiger partial charge in [0.25, 0.3) is 0 Å². The highest BCUT2D eigenvalue weighted by Crippen LogP contribution is 2.19. The summed E-state index contributed by atoms with van der Waals surface area (Å²) in [5.74, 6) is -0.122. The van der Waals surface area contributed by atoms with Crippen molar-refractivity contribution in [3.63, 3.8) is 0 Å². The second-order valence-corrected chi connectivity index (χ2v) is 6.65. The number of carbonyl (C=O) groups is 2. The number of carbonyl (C=O) groups excluding carboxylic acids is 2. The Balaban J connectivity index is 4.24. The largest absolute Gasteiger partial charge is 0.443 e. The van der Waals surface area contributed by atoms with Gasteiger partial charge in [-0.2, -0.15) is 0 Å². The van der Waals surface area contributed by atoms with Crippen LogP contribution < -0.4 is 5.32 Å². The summed E-state index contributed by atoms with van der Waals surface area (Å²) in [4.78, 5) is 23.6. The fourth-order valence-corrected chi connectivity index (χ4v) is 1.84. The van der Waals surface area contributed by atoms with Gasteiger partial charge in [0.15, 0.2) is 5.78 Å². The van der Waals surface area contributed by atoms with Gasteiger partial charge in [-0.3, -0.25) is 4.79 Å². The number of amides is 1. The van der Waals surface area contributed by atoms with E-state index in [9.17, 15) is 9.59 Å². The van der Waals surface area contributed by atoms with E-state index in [-0.39, 0.29) is 5.78 Å². The normalized spacial score (nSPS) is 11.9. The summed E-state index contributed by atoms with van der Waals surface area (Å²) in [7, 11) is 0. The van der Waals surface area contributed by atoms with Crippen molar-refractivity contribution >= 4 is 11.9 Å². The number of hydrogen-bond donors (Lipinski definition) is 1. The molecule has 22 heavy (non-hydrogen) atoms. The first-order valence-electron chi connectivity index (χ1n) is 7.83. The smallest absolute Gasteiger partial charge is 0.407 e. The highest BCUT2D eigenvalue weighted by molar-refractivity contribution is 6.00. The third kappa shape index (κ3) is 8.17. The predicted octanol–water partition coefficient (Wildman–Crippen LogP) is 3.62. The van der Waals surface area contributed by atoms with Crippen molar-refractivity contribution < 1.29 is 19.1 Å². The van der Waals surface area contributed by atoms with Gasteiger partial charge in [0.05, 0.1) is 6.61 Å². The van der Waals surface area contributed by atoms with Crippen LogP contribution in [0, 0.1) is 0 Å². The molecule has 5 heteroatoms. The maximum atomic E-state index is 11.9. The zero-order valence-corrected chi connectivity index (χ0v) is 14.9. The second kappa shape index (κ2) is 8.93. The van der Waals surface area contributed by atoms with Crippen LogP contribution in [-0.2, 0) is 14.3 Å². The molecule has 0 heterocycles. The van der Waals surface area contributed by atoms with Crippen molar-refractivity contribution in [3.8, 4) is 0 Å². The van der Waals surface area contributed by atoms with Crippen LogP contribution >= 0.6 is 0 Å². The Morgan fingerprint density at radius 1 is 1.18 bits per heavy atom. The zero-order valence-electron chi connectivity index (χ0n) is 14.9. The average molecular weight is 313 g/mol. The molecule has 0 bridgehead atoms. The Morgan fingerprint density at radius 2 is 1.77 bits per heavy atom. The fraction of sp³-hybridized carbons (Fsp3) is 0.765. The first kappa shape index (κ1) is 20.6. The molecule has 0 aromatic rings. The number of unbranched alkanes of at least 4 members (excludes halogenated alkanes) is 1. The van der Waals surface area contributed by atoms with Gasteiger partial charge in [0.2, 0.25) is 0 Å². The van der Waals surface area contributed by atoms with Crippen molar-refractivity contribution in [2.24, 2.45) is 0 Å². The van der Waals surface area contributed by atoms with Crippen LogP contribution in [-0.4, -0.2) is 36.2 Å². The third-order valence-electron chi connectivity index (χ3n) is 3.27. The molecule has 1 amide bonds. The topological polar surface area (TPSA) is 64.6 Å². The summed E-state index contributed by atoms with van der Waals surface area (Å²) >= 11 is 0. The standard InChI is InChI=1S/C17H31NO4/c1-8-9-11-18-15(20)22-16(4,5)10-12-21-17(6,7)14(19)13(2)3/h2,8-12H2,1,3-7H3,(H,18,20). The van der Waals surface area contributed by atoms with E-state index >= 15 is 0 Å². The first-order chi connectivity index (χ1) is 10.0. The molecule has 128 valence electrons. The van der Waals surface area contributed by atoms with E-state index in [2.05, 4.69) is 18.8 Å². The van der Waals surface area contributed by atoms with Gasteiger partial charge in [-0.15, -0.1) is 0 Å². The number of nitrogens with one attached hydrogen (secondary N) is 1. The monoisotopic (exact) mass is 313 g/mol. The molecule has 0 aromatic carbocycles. The molecule has 0 aliphatic rings. The summed E-state index contributed by atoms with van der Waals surface area (Å²) in [5, 5.41) is 2.71. The summed E-state index contributed by atoms with van der Waals surface area (Å²) in [6.07, 6.45) is 2.02. The van der Waals surface area contributed by atoms with Gasteiger partial charge in [-0.05, 0) is 46.6 Å². The molecule has 0 aliphatic carbocycles. The summed E-state index contributed by atoms with van der Waals surface area (Å²) in [6, 6.07) is 0. The molecule has 0 fully saturated rings. The van der Waals surface area contributed by atoms with Crippen LogP contribution in [0.3, 0.4) is 0 Å². The van der Waals surface area contributed by atoms with Crippen LogP contribution in [0.2, 0.25) is 0 Å². The number of ketones is 1. The molecule has 0 radical (unpaired) electrons. The highest BCUT2D eigenvalue weighted by Gasteiger charge is 2.30. The molecule has 5 nitrogen and oxygen atoms in total. The van der Waals surface area contributed by atoms with Crippen LogP contribution in [0.15, 0.2) is 12.2 Å². The van der Waals surface area contributed by atoms with E-state index < -0.39 is 17.3 Å². The molecular weight excluding hydrogens is 282 g/mol. The Hall–Kier alpha value is -1.36. The predicted molar refractivity (Wildman–Crippen MR) is 87.9 cm³/mol. The minimum Gasteiger partial charge on any atom is -0.443 e. The number of rotatable bonds is 10. The van der Waals surface area contributed by atoms with E-state index in [0.717, 1.165) is 12.8 Å². The van der Waals surface area contributed by atoms with Crippen molar-refractivity contribution in [2.75, 3.05) is 13.2 Å². The summed E-state index contributed by atoms with van der Waals surface area (Å²) in [5.41, 5.74) is -1.10. The van der Waals surface area contributed by atoms with Crippen molar-refractivity contribution in [1.29, 1.82) is 0 Å². The lowest BCUT2D eigenvalue weighted by atomic mass is 9.98. The molecule has 0 unspecified atom stereocenters. The van der Waals surface area contributed by atoms with Gasteiger partial charge in [0, 0.05) is 13.0 Å². The molecule has 1 N–H and O–H groups in total. The van der Waals surface area contributed by atoms with Crippen molar-refractivity contribution in [3.05, 3.63) is 12.2 Å². The maximum absolute atomic E-state index is 11.9. The molecule has 0 aliphatic heterocycles. The maximum Gasteiger partial charge on any atom is 0.407 e. The van der Waals surface area contributed by atoms with E-state index in [4.69, 9.17) is 9.47 Å². The van der Waals surface area contributed by atoms with E-state index in [1.807, 2.05) is 13.8 Å². The lowest BCUT2D eigenvalue weighted by Gasteiger charge is -2.28. The fourth-order valence-electron chi connectivity index (χ4n) is 1.84. The Labute approximate surface area is 134 Å². The molecule has 0 spiro atoms. The number of hydrogen-bond acceptors (Lipinski definition) is 4. The quantitative estimate of drug-likeness (QED) is 0.494. The van der Waals surface area contributed by atoms with Crippen molar-refractivity contribution in [1.82, 2.24) is 5.32 Å². The minimum atomic E-state index is -0.911. The second-order valence-electron chi connectivity index (χ2n) is 6.65. The molecular formula is C17H31NO4. The van der Waals surface area contributed by atoms with Crippen LogP contribution in [0.4, 0.5) is 4.79 Å². The van der Waals surface area contributed by atoms with Gasteiger partial charge in [-0.1, -0.05) is 19.9 Å². The van der Waals surface area contributed by atoms with Crippen LogP contribution in [0.1, 0.15) is 60.8 Å². The van der Waals surface area contributed by atoms with Gasteiger partial charge in [-0.25, -0.2) is 4.79 Å².